The SMILES string of the molecule is CC(C)n1c(=O)c2c(C(N)=O)ncn2c2ccccc21. The van der Waals surface area contributed by atoms with Gasteiger partial charge in [-0.1, -0.05) is 12.1 Å². The minimum absolute atomic E-state index is 0.00940. The first-order valence-corrected chi connectivity index (χ1v) is 6.32. The molecule has 0 aliphatic carbocycles. The smallest absolute Gasteiger partial charge is 0.278 e. The van der Waals surface area contributed by atoms with E-state index >= 15 is 0 Å². The summed E-state index contributed by atoms with van der Waals surface area (Å²) in [5.74, 6) is -0.699. The van der Waals surface area contributed by atoms with Crippen molar-refractivity contribution >= 4 is 22.5 Å². The van der Waals surface area contributed by atoms with Crippen LogP contribution in [0, 0.1) is 0 Å². The topological polar surface area (TPSA) is 82.4 Å². The number of fused-ring (bicyclic) bond motifs is 3. The van der Waals surface area contributed by atoms with E-state index in [9.17, 15) is 9.59 Å². The molecule has 3 rings (SSSR count). The van der Waals surface area contributed by atoms with Crippen LogP contribution in [-0.4, -0.2) is 19.9 Å². The molecular formula is C14H14N4O2. The Kier molecular flexibility index (Phi) is 2.60. The van der Waals surface area contributed by atoms with Crippen molar-refractivity contribution in [1.82, 2.24) is 14.0 Å². The molecule has 0 saturated heterocycles. The Morgan fingerprint density at radius 1 is 1.25 bits per heavy atom. The molecule has 3 aromatic rings. The number of para-hydroxylation sites is 2. The summed E-state index contributed by atoms with van der Waals surface area (Å²) < 4.78 is 3.27. The summed E-state index contributed by atoms with van der Waals surface area (Å²) in [6.45, 7) is 3.84. The van der Waals surface area contributed by atoms with E-state index in [1.165, 1.54) is 6.33 Å². The molecule has 102 valence electrons. The molecular weight excluding hydrogens is 256 g/mol. The maximum Gasteiger partial charge on any atom is 0.278 e. The number of primary amides is 1. The molecule has 0 saturated carbocycles. The lowest BCUT2D eigenvalue weighted by atomic mass is 10.2. The number of hydrogen-bond donors (Lipinski definition) is 1. The maximum atomic E-state index is 12.7. The van der Waals surface area contributed by atoms with Crippen LogP contribution in [0.1, 0.15) is 30.4 Å². The van der Waals surface area contributed by atoms with Gasteiger partial charge in [0.1, 0.15) is 11.8 Å². The van der Waals surface area contributed by atoms with Crippen LogP contribution in [0.2, 0.25) is 0 Å². The fourth-order valence-electron chi connectivity index (χ4n) is 2.52. The number of rotatable bonds is 2. The van der Waals surface area contributed by atoms with Crippen LogP contribution in [0.15, 0.2) is 35.4 Å². The van der Waals surface area contributed by atoms with E-state index in [-0.39, 0.29) is 22.8 Å². The molecule has 2 heterocycles. The highest BCUT2D eigenvalue weighted by atomic mass is 16.1. The molecule has 6 nitrogen and oxygen atoms in total. The van der Waals surface area contributed by atoms with Gasteiger partial charge >= 0.3 is 0 Å². The van der Waals surface area contributed by atoms with Crippen LogP contribution < -0.4 is 11.3 Å². The van der Waals surface area contributed by atoms with Gasteiger partial charge in [-0.2, -0.15) is 0 Å². The third-order valence-corrected chi connectivity index (χ3v) is 3.34. The largest absolute Gasteiger partial charge is 0.364 e. The lowest BCUT2D eigenvalue weighted by Crippen LogP contribution is -2.26. The molecule has 1 aromatic carbocycles. The summed E-state index contributed by atoms with van der Waals surface area (Å²) in [6.07, 6.45) is 1.46. The van der Waals surface area contributed by atoms with E-state index < -0.39 is 5.91 Å². The molecule has 0 fully saturated rings. The Balaban J connectivity index is 2.64. The van der Waals surface area contributed by atoms with Gasteiger partial charge in [-0.15, -0.1) is 0 Å². The normalized spacial score (nSPS) is 11.6. The predicted molar refractivity (Wildman–Crippen MR) is 75.9 cm³/mol. The van der Waals surface area contributed by atoms with E-state index in [2.05, 4.69) is 4.98 Å². The number of nitrogens with two attached hydrogens (primary N) is 1. The molecule has 2 N–H and O–H groups in total. The van der Waals surface area contributed by atoms with Crippen LogP contribution in [0.3, 0.4) is 0 Å². The monoisotopic (exact) mass is 270 g/mol. The number of nitrogens with zero attached hydrogens (tertiary/aromatic N) is 3. The molecule has 0 aliphatic heterocycles. The summed E-state index contributed by atoms with van der Waals surface area (Å²) in [6, 6.07) is 7.47. The number of benzene rings is 1. The quantitative estimate of drug-likeness (QED) is 0.762. The van der Waals surface area contributed by atoms with Crippen LogP contribution in [0.25, 0.3) is 16.6 Å². The predicted octanol–water partition coefficient (Wildman–Crippen LogP) is 1.33. The second-order valence-corrected chi connectivity index (χ2v) is 4.93. The second kappa shape index (κ2) is 4.19. The molecule has 2 aromatic heterocycles. The molecule has 0 radical (unpaired) electrons. The Morgan fingerprint density at radius 3 is 2.50 bits per heavy atom. The average Bonchev–Trinajstić information content (AvgIpc) is 2.84. The van der Waals surface area contributed by atoms with Gasteiger partial charge in [0, 0.05) is 6.04 Å². The standard InChI is InChI=1S/C14H14N4O2/c1-8(2)18-10-6-4-3-5-9(10)17-7-16-11(13(15)19)12(17)14(18)20/h3-8H,1-2H3,(H2,15,19). The van der Waals surface area contributed by atoms with Crippen LogP contribution >= 0.6 is 0 Å². The molecule has 0 spiro atoms. The summed E-state index contributed by atoms with van der Waals surface area (Å²) in [4.78, 5) is 28.1. The van der Waals surface area contributed by atoms with Crippen molar-refractivity contribution in [2.45, 2.75) is 19.9 Å². The maximum absolute atomic E-state index is 12.7. The molecule has 0 bridgehead atoms. The van der Waals surface area contributed by atoms with Crippen molar-refractivity contribution in [1.29, 1.82) is 0 Å². The highest BCUT2D eigenvalue weighted by Gasteiger charge is 2.19. The van der Waals surface area contributed by atoms with Gasteiger partial charge in [0.15, 0.2) is 5.69 Å². The summed E-state index contributed by atoms with van der Waals surface area (Å²) in [5.41, 5.74) is 6.89. The van der Waals surface area contributed by atoms with Crippen molar-refractivity contribution in [3.8, 4) is 0 Å². The minimum atomic E-state index is -0.699. The van der Waals surface area contributed by atoms with E-state index in [1.54, 1.807) is 8.97 Å². The van der Waals surface area contributed by atoms with Crippen molar-refractivity contribution in [3.63, 3.8) is 0 Å². The molecule has 0 unspecified atom stereocenters. The van der Waals surface area contributed by atoms with Crippen molar-refractivity contribution in [2.75, 3.05) is 0 Å². The van der Waals surface area contributed by atoms with Gasteiger partial charge < -0.3 is 10.3 Å². The van der Waals surface area contributed by atoms with E-state index in [4.69, 9.17) is 5.73 Å². The van der Waals surface area contributed by atoms with Gasteiger partial charge in [0.2, 0.25) is 0 Å². The lowest BCUT2D eigenvalue weighted by Gasteiger charge is -2.15. The minimum Gasteiger partial charge on any atom is -0.364 e. The number of carbonyl (C=O) groups is 1. The van der Waals surface area contributed by atoms with Crippen molar-refractivity contribution < 1.29 is 4.79 Å². The first-order chi connectivity index (χ1) is 9.52. The van der Waals surface area contributed by atoms with Crippen molar-refractivity contribution in [3.05, 3.63) is 46.6 Å². The summed E-state index contributed by atoms with van der Waals surface area (Å²) in [7, 11) is 0. The fraction of sp³-hybridized carbons (Fsp3) is 0.214. The van der Waals surface area contributed by atoms with Gasteiger partial charge in [-0.05, 0) is 26.0 Å². The molecule has 20 heavy (non-hydrogen) atoms. The average molecular weight is 270 g/mol. The zero-order valence-electron chi connectivity index (χ0n) is 11.2. The van der Waals surface area contributed by atoms with Gasteiger partial charge in [-0.3, -0.25) is 14.0 Å². The summed E-state index contributed by atoms with van der Waals surface area (Å²) in [5, 5.41) is 0. The third-order valence-electron chi connectivity index (χ3n) is 3.34. The zero-order valence-corrected chi connectivity index (χ0v) is 11.2. The van der Waals surface area contributed by atoms with E-state index in [0.717, 1.165) is 11.0 Å². The first-order valence-electron chi connectivity index (χ1n) is 6.32. The Labute approximate surface area is 114 Å². The van der Waals surface area contributed by atoms with Crippen LogP contribution in [0.4, 0.5) is 0 Å². The fourth-order valence-corrected chi connectivity index (χ4v) is 2.52. The Hall–Kier alpha value is -2.63. The van der Waals surface area contributed by atoms with Crippen LogP contribution in [-0.2, 0) is 0 Å². The first kappa shape index (κ1) is 12.4. The lowest BCUT2D eigenvalue weighted by molar-refractivity contribution is 0.0997. The van der Waals surface area contributed by atoms with E-state index in [0.29, 0.717) is 0 Å². The molecule has 1 amide bonds. The Morgan fingerprint density at radius 2 is 1.90 bits per heavy atom. The van der Waals surface area contributed by atoms with E-state index in [1.807, 2.05) is 38.1 Å². The highest BCUT2D eigenvalue weighted by Crippen LogP contribution is 2.19. The molecule has 0 atom stereocenters. The third kappa shape index (κ3) is 1.54. The second-order valence-electron chi connectivity index (χ2n) is 4.93. The number of amides is 1. The number of aromatic nitrogens is 3. The summed E-state index contributed by atoms with van der Waals surface area (Å²) >= 11 is 0. The molecule has 0 aliphatic rings. The van der Waals surface area contributed by atoms with Crippen molar-refractivity contribution in [2.24, 2.45) is 5.73 Å². The van der Waals surface area contributed by atoms with Gasteiger partial charge in [-0.25, -0.2) is 4.98 Å². The number of carbonyl (C=O) groups excluding carboxylic acids is 1. The van der Waals surface area contributed by atoms with Gasteiger partial charge in [0.25, 0.3) is 11.5 Å². The molecule has 6 heteroatoms. The van der Waals surface area contributed by atoms with Crippen LogP contribution in [0.5, 0.6) is 0 Å². The number of hydrogen-bond acceptors (Lipinski definition) is 3. The number of imidazole rings is 1. The van der Waals surface area contributed by atoms with Gasteiger partial charge in [0.05, 0.1) is 11.0 Å². The highest BCUT2D eigenvalue weighted by molar-refractivity contribution is 5.98. The zero-order chi connectivity index (χ0) is 14.4. The Bertz CT molecular complexity index is 889.